The van der Waals surface area contributed by atoms with E-state index >= 15 is 0 Å². The first-order valence-corrected chi connectivity index (χ1v) is 11.4. The number of methoxy groups -OCH3 is 4. The Morgan fingerprint density at radius 3 is 2.24 bits per heavy atom. The van der Waals surface area contributed by atoms with Crippen molar-refractivity contribution in [3.8, 4) is 23.0 Å². The minimum atomic E-state index is -0.805. The third-order valence-corrected chi connectivity index (χ3v) is 7.19. The van der Waals surface area contributed by atoms with Crippen LogP contribution in [0.15, 0.2) is 36.4 Å². The summed E-state index contributed by atoms with van der Waals surface area (Å²) in [5.41, 5.74) is 0.567. The van der Waals surface area contributed by atoms with Gasteiger partial charge in [0, 0.05) is 12.5 Å². The first-order valence-electron chi connectivity index (χ1n) is 11.4. The summed E-state index contributed by atoms with van der Waals surface area (Å²) in [6.07, 6.45) is 4.16. The molecule has 1 aliphatic heterocycles. The number of hydrogen-bond acceptors (Lipinski definition) is 6. The van der Waals surface area contributed by atoms with E-state index in [1.165, 1.54) is 0 Å². The van der Waals surface area contributed by atoms with Crippen LogP contribution in [0.2, 0.25) is 0 Å². The van der Waals surface area contributed by atoms with Crippen LogP contribution < -0.4 is 18.9 Å². The normalized spacial score (nSPS) is 24.6. The van der Waals surface area contributed by atoms with Crippen molar-refractivity contribution >= 4 is 5.91 Å². The molecule has 1 saturated carbocycles. The van der Waals surface area contributed by atoms with E-state index < -0.39 is 5.60 Å². The topological polar surface area (TPSA) is 77.5 Å². The number of carbonyl (C=O) groups excluding carboxylic acids is 1. The van der Waals surface area contributed by atoms with Crippen molar-refractivity contribution < 1.29 is 28.8 Å². The molecule has 0 bridgehead atoms. The molecule has 1 N–H and O–H groups in total. The van der Waals surface area contributed by atoms with Crippen LogP contribution in [0.25, 0.3) is 0 Å². The molecule has 0 spiro atoms. The molecule has 2 aromatic rings. The number of piperidine rings is 1. The van der Waals surface area contributed by atoms with Gasteiger partial charge in [-0.15, -0.1) is 0 Å². The van der Waals surface area contributed by atoms with Gasteiger partial charge in [0.05, 0.1) is 45.6 Å². The van der Waals surface area contributed by atoms with Gasteiger partial charge in [0.25, 0.3) is 5.91 Å². The molecule has 1 aliphatic carbocycles. The number of likely N-dealkylation sites (tertiary alicyclic amines) is 1. The Hall–Kier alpha value is -2.93. The van der Waals surface area contributed by atoms with Gasteiger partial charge in [-0.3, -0.25) is 4.79 Å². The summed E-state index contributed by atoms with van der Waals surface area (Å²) in [6.45, 7) is 0.450. The van der Waals surface area contributed by atoms with Crippen LogP contribution in [-0.4, -0.2) is 56.5 Å². The van der Waals surface area contributed by atoms with E-state index in [0.29, 0.717) is 41.5 Å². The average Bonchev–Trinajstić information content (AvgIpc) is 2.86. The quantitative estimate of drug-likeness (QED) is 0.703. The summed E-state index contributed by atoms with van der Waals surface area (Å²) in [6, 6.07) is 10.7. The Morgan fingerprint density at radius 1 is 0.939 bits per heavy atom. The number of benzene rings is 2. The summed E-state index contributed by atoms with van der Waals surface area (Å²) in [4.78, 5) is 15.7. The molecule has 0 aromatic heterocycles. The molecule has 7 heteroatoms. The Labute approximate surface area is 195 Å². The Kier molecular flexibility index (Phi) is 6.70. The Morgan fingerprint density at radius 2 is 1.61 bits per heavy atom. The number of fused-ring (bicyclic) bond motifs is 1. The van der Waals surface area contributed by atoms with E-state index in [2.05, 4.69) is 0 Å². The minimum Gasteiger partial charge on any atom is -0.496 e. The lowest BCUT2D eigenvalue weighted by atomic mass is 9.66. The van der Waals surface area contributed by atoms with Gasteiger partial charge in [-0.05, 0) is 49.1 Å². The second kappa shape index (κ2) is 9.51. The first-order chi connectivity index (χ1) is 16.0. The molecular weight excluding hydrogens is 422 g/mol. The van der Waals surface area contributed by atoms with Gasteiger partial charge < -0.3 is 29.0 Å². The molecule has 2 aromatic carbocycles. The number of amides is 1. The van der Waals surface area contributed by atoms with Crippen LogP contribution in [-0.2, 0) is 0 Å². The van der Waals surface area contributed by atoms with Crippen molar-refractivity contribution in [3.05, 3.63) is 47.5 Å². The fourth-order valence-electron chi connectivity index (χ4n) is 5.57. The average molecular weight is 456 g/mol. The molecule has 1 saturated heterocycles. The summed E-state index contributed by atoms with van der Waals surface area (Å²) in [5.74, 6) is 1.89. The zero-order valence-corrected chi connectivity index (χ0v) is 19.8. The number of hydrogen-bond donors (Lipinski definition) is 1. The molecule has 2 fully saturated rings. The highest BCUT2D eigenvalue weighted by Gasteiger charge is 2.50. The van der Waals surface area contributed by atoms with Crippen molar-refractivity contribution in [1.29, 1.82) is 0 Å². The standard InChI is InChI=1S/C26H33NO6/c1-30-20-11-6-5-9-18(20)25(28)27-14-13-26(29)12-8-7-10-19(26)23(27)17-15-21(31-2)24(33-4)22(16-17)32-3/h5-6,9,11,15-16,19,23,29H,7-8,10,12-14H2,1-4H3/t19?,23-,26?/m0/s1. The predicted octanol–water partition coefficient (Wildman–Crippen LogP) is 4.23. The van der Waals surface area contributed by atoms with Gasteiger partial charge in [0.1, 0.15) is 5.75 Å². The minimum absolute atomic E-state index is 0.0959. The molecule has 2 aliphatic rings. The number of rotatable bonds is 6. The van der Waals surface area contributed by atoms with Crippen LogP contribution in [0.4, 0.5) is 0 Å². The van der Waals surface area contributed by atoms with E-state index in [0.717, 1.165) is 31.2 Å². The van der Waals surface area contributed by atoms with Crippen molar-refractivity contribution in [1.82, 2.24) is 4.90 Å². The lowest BCUT2D eigenvalue weighted by Gasteiger charge is -2.52. The second-order valence-corrected chi connectivity index (χ2v) is 8.81. The van der Waals surface area contributed by atoms with Crippen LogP contribution in [0.5, 0.6) is 23.0 Å². The lowest BCUT2D eigenvalue weighted by molar-refractivity contribution is -0.115. The van der Waals surface area contributed by atoms with Crippen LogP contribution in [0.1, 0.15) is 54.1 Å². The second-order valence-electron chi connectivity index (χ2n) is 8.81. The summed E-state index contributed by atoms with van der Waals surface area (Å²) in [5, 5.41) is 11.6. The molecule has 7 nitrogen and oxygen atoms in total. The highest BCUT2D eigenvalue weighted by Crippen LogP contribution is 2.52. The van der Waals surface area contributed by atoms with Crippen LogP contribution in [0.3, 0.4) is 0 Å². The zero-order valence-electron chi connectivity index (χ0n) is 19.8. The molecule has 1 amide bonds. The summed E-state index contributed by atoms with van der Waals surface area (Å²) >= 11 is 0. The van der Waals surface area contributed by atoms with Gasteiger partial charge in [-0.25, -0.2) is 0 Å². The molecule has 33 heavy (non-hydrogen) atoms. The monoisotopic (exact) mass is 455 g/mol. The molecule has 3 atom stereocenters. The van der Waals surface area contributed by atoms with E-state index in [4.69, 9.17) is 18.9 Å². The molecule has 0 radical (unpaired) electrons. The van der Waals surface area contributed by atoms with Crippen molar-refractivity contribution in [2.75, 3.05) is 35.0 Å². The number of carbonyl (C=O) groups is 1. The molecular formula is C26H33NO6. The first kappa shape index (κ1) is 23.2. The third-order valence-electron chi connectivity index (χ3n) is 7.19. The number of aliphatic hydroxyl groups is 1. The summed E-state index contributed by atoms with van der Waals surface area (Å²) in [7, 11) is 6.30. The van der Waals surface area contributed by atoms with Gasteiger partial charge in [-0.1, -0.05) is 25.0 Å². The maximum absolute atomic E-state index is 13.9. The fraction of sp³-hybridized carbons (Fsp3) is 0.500. The van der Waals surface area contributed by atoms with E-state index in [-0.39, 0.29) is 17.9 Å². The van der Waals surface area contributed by atoms with Crippen LogP contribution in [0, 0.1) is 5.92 Å². The maximum Gasteiger partial charge on any atom is 0.258 e. The molecule has 2 unspecified atom stereocenters. The molecule has 1 heterocycles. The smallest absolute Gasteiger partial charge is 0.258 e. The number of nitrogens with zero attached hydrogens (tertiary/aromatic N) is 1. The fourth-order valence-corrected chi connectivity index (χ4v) is 5.57. The SMILES string of the molecule is COc1ccccc1C(=O)N1CCC2(O)CCCCC2[C@@H]1c1cc(OC)c(OC)c(OC)c1. The van der Waals surface area contributed by atoms with Crippen molar-refractivity contribution in [3.63, 3.8) is 0 Å². The predicted molar refractivity (Wildman–Crippen MR) is 124 cm³/mol. The highest BCUT2D eigenvalue weighted by atomic mass is 16.5. The molecule has 178 valence electrons. The Bertz CT molecular complexity index is 983. The third kappa shape index (κ3) is 4.10. The number of para-hydroxylation sites is 1. The maximum atomic E-state index is 13.9. The lowest BCUT2D eigenvalue weighted by Crippen LogP contribution is -2.56. The largest absolute Gasteiger partial charge is 0.496 e. The van der Waals surface area contributed by atoms with Crippen molar-refractivity contribution in [2.24, 2.45) is 5.92 Å². The van der Waals surface area contributed by atoms with Crippen molar-refractivity contribution in [2.45, 2.75) is 43.7 Å². The zero-order chi connectivity index (χ0) is 23.6. The van der Waals surface area contributed by atoms with Gasteiger partial charge in [0.2, 0.25) is 5.75 Å². The Balaban J connectivity index is 1.85. The van der Waals surface area contributed by atoms with E-state index in [1.807, 2.05) is 29.2 Å². The van der Waals surface area contributed by atoms with E-state index in [9.17, 15) is 9.90 Å². The van der Waals surface area contributed by atoms with E-state index in [1.54, 1.807) is 40.6 Å². The van der Waals surface area contributed by atoms with Gasteiger partial charge in [-0.2, -0.15) is 0 Å². The van der Waals surface area contributed by atoms with Gasteiger partial charge >= 0.3 is 0 Å². The highest BCUT2D eigenvalue weighted by molar-refractivity contribution is 5.97. The van der Waals surface area contributed by atoms with Crippen LogP contribution >= 0.6 is 0 Å². The van der Waals surface area contributed by atoms with Gasteiger partial charge in [0.15, 0.2) is 11.5 Å². The summed E-state index contributed by atoms with van der Waals surface area (Å²) < 4.78 is 22.2. The molecule has 4 rings (SSSR count). The number of ether oxygens (including phenoxy) is 4.